The van der Waals surface area contributed by atoms with Gasteiger partial charge in [0.2, 0.25) is 5.91 Å². The molecule has 0 aromatic carbocycles. The second-order valence-corrected chi connectivity index (χ2v) is 4.31. The highest BCUT2D eigenvalue weighted by molar-refractivity contribution is 5.86. The van der Waals surface area contributed by atoms with Gasteiger partial charge in [-0.15, -0.1) is 0 Å². The van der Waals surface area contributed by atoms with Crippen molar-refractivity contribution >= 4 is 5.91 Å². The summed E-state index contributed by atoms with van der Waals surface area (Å²) in [4.78, 5) is 11.7. The van der Waals surface area contributed by atoms with Crippen LogP contribution in [-0.2, 0) is 9.53 Å². The Morgan fingerprint density at radius 3 is 2.69 bits per heavy atom. The van der Waals surface area contributed by atoms with Gasteiger partial charge in [0, 0.05) is 13.2 Å². The van der Waals surface area contributed by atoms with Crippen molar-refractivity contribution in [2.24, 2.45) is 5.73 Å². The average Bonchev–Trinajstić information content (AvgIpc) is 2.71. The van der Waals surface area contributed by atoms with E-state index in [1.54, 1.807) is 0 Å². The van der Waals surface area contributed by atoms with Gasteiger partial charge in [-0.05, 0) is 19.3 Å². The fourth-order valence-corrected chi connectivity index (χ4v) is 1.95. The van der Waals surface area contributed by atoms with Gasteiger partial charge in [-0.25, -0.2) is 0 Å². The van der Waals surface area contributed by atoms with E-state index in [-0.39, 0.29) is 12.5 Å². The molecule has 1 aliphatic carbocycles. The molecule has 0 radical (unpaired) electrons. The maximum absolute atomic E-state index is 11.7. The molecule has 0 spiro atoms. The van der Waals surface area contributed by atoms with Gasteiger partial charge in [0.1, 0.15) is 0 Å². The standard InChI is InChI=1S/C11H22N2O3/c12-11(4-1-2-5-11)10(15)13-6-3-8-16-9-7-14/h14H,1-9,12H2,(H,13,15). The number of aliphatic hydroxyl groups is 1. The molecule has 1 saturated carbocycles. The van der Waals surface area contributed by atoms with Crippen LogP contribution in [0.15, 0.2) is 0 Å². The minimum atomic E-state index is -0.633. The van der Waals surface area contributed by atoms with Crippen LogP contribution in [0.1, 0.15) is 32.1 Å². The molecule has 5 heteroatoms. The highest BCUT2D eigenvalue weighted by atomic mass is 16.5. The van der Waals surface area contributed by atoms with Crippen LogP contribution in [0.3, 0.4) is 0 Å². The lowest BCUT2D eigenvalue weighted by Crippen LogP contribution is -2.52. The molecule has 0 aromatic heterocycles. The molecule has 1 aliphatic rings. The number of amides is 1. The minimum absolute atomic E-state index is 0.0350. The Labute approximate surface area is 96.3 Å². The van der Waals surface area contributed by atoms with Crippen molar-refractivity contribution in [3.63, 3.8) is 0 Å². The number of carbonyl (C=O) groups excluding carboxylic acids is 1. The van der Waals surface area contributed by atoms with E-state index >= 15 is 0 Å². The molecule has 4 N–H and O–H groups in total. The van der Waals surface area contributed by atoms with E-state index < -0.39 is 5.54 Å². The smallest absolute Gasteiger partial charge is 0.240 e. The number of nitrogens with one attached hydrogen (secondary N) is 1. The lowest BCUT2D eigenvalue weighted by atomic mass is 9.98. The van der Waals surface area contributed by atoms with E-state index in [2.05, 4.69) is 5.32 Å². The quantitative estimate of drug-likeness (QED) is 0.528. The van der Waals surface area contributed by atoms with Crippen LogP contribution in [-0.4, -0.2) is 42.9 Å². The van der Waals surface area contributed by atoms with Gasteiger partial charge in [0.25, 0.3) is 0 Å². The van der Waals surface area contributed by atoms with E-state index in [9.17, 15) is 4.79 Å². The van der Waals surface area contributed by atoms with Gasteiger partial charge in [-0.3, -0.25) is 4.79 Å². The van der Waals surface area contributed by atoms with E-state index in [1.165, 1.54) is 0 Å². The van der Waals surface area contributed by atoms with Crippen LogP contribution >= 0.6 is 0 Å². The summed E-state index contributed by atoms with van der Waals surface area (Å²) in [5, 5.41) is 11.3. The fourth-order valence-electron chi connectivity index (χ4n) is 1.95. The normalized spacial score (nSPS) is 18.6. The number of hydrogen-bond acceptors (Lipinski definition) is 4. The lowest BCUT2D eigenvalue weighted by Gasteiger charge is -2.22. The first-order valence-corrected chi connectivity index (χ1v) is 5.95. The summed E-state index contributed by atoms with van der Waals surface area (Å²) >= 11 is 0. The number of nitrogens with two attached hydrogens (primary N) is 1. The molecule has 0 heterocycles. The Morgan fingerprint density at radius 1 is 1.38 bits per heavy atom. The zero-order valence-electron chi connectivity index (χ0n) is 9.71. The van der Waals surface area contributed by atoms with E-state index in [0.717, 1.165) is 32.1 Å². The molecule has 1 fully saturated rings. The number of hydrogen-bond donors (Lipinski definition) is 3. The largest absolute Gasteiger partial charge is 0.394 e. The molecular formula is C11H22N2O3. The van der Waals surface area contributed by atoms with Gasteiger partial charge in [-0.1, -0.05) is 12.8 Å². The van der Waals surface area contributed by atoms with Crippen molar-refractivity contribution in [3.8, 4) is 0 Å². The molecule has 0 bridgehead atoms. The van der Waals surface area contributed by atoms with E-state index in [0.29, 0.717) is 19.8 Å². The summed E-state index contributed by atoms with van der Waals surface area (Å²) in [6.45, 7) is 1.54. The molecule has 1 rings (SSSR count). The van der Waals surface area contributed by atoms with Gasteiger partial charge >= 0.3 is 0 Å². The molecule has 16 heavy (non-hydrogen) atoms. The number of rotatable bonds is 7. The Balaban J connectivity index is 2.06. The van der Waals surface area contributed by atoms with E-state index in [1.807, 2.05) is 0 Å². The number of carbonyl (C=O) groups is 1. The third-order valence-electron chi connectivity index (χ3n) is 2.93. The highest BCUT2D eigenvalue weighted by Crippen LogP contribution is 2.27. The molecule has 0 saturated heterocycles. The summed E-state index contributed by atoms with van der Waals surface area (Å²) in [6.07, 6.45) is 4.43. The van der Waals surface area contributed by atoms with Gasteiger partial charge < -0.3 is 20.9 Å². The summed E-state index contributed by atoms with van der Waals surface area (Å²) in [7, 11) is 0. The monoisotopic (exact) mass is 230 g/mol. The minimum Gasteiger partial charge on any atom is -0.394 e. The molecule has 0 unspecified atom stereocenters. The molecule has 1 amide bonds. The second-order valence-electron chi connectivity index (χ2n) is 4.31. The van der Waals surface area contributed by atoms with Crippen LogP contribution in [0.25, 0.3) is 0 Å². The van der Waals surface area contributed by atoms with Crippen LogP contribution < -0.4 is 11.1 Å². The Morgan fingerprint density at radius 2 is 2.06 bits per heavy atom. The van der Waals surface area contributed by atoms with Crippen molar-refractivity contribution in [1.29, 1.82) is 0 Å². The third-order valence-corrected chi connectivity index (χ3v) is 2.93. The first kappa shape index (κ1) is 13.4. The predicted octanol–water partition coefficient (Wildman–Crippen LogP) is -0.227. The Kier molecular flexibility index (Phi) is 5.73. The van der Waals surface area contributed by atoms with Gasteiger partial charge in [0.05, 0.1) is 18.8 Å². The zero-order chi connectivity index (χ0) is 11.9. The maximum atomic E-state index is 11.7. The molecular weight excluding hydrogens is 208 g/mol. The van der Waals surface area contributed by atoms with Crippen molar-refractivity contribution in [2.45, 2.75) is 37.6 Å². The van der Waals surface area contributed by atoms with E-state index in [4.69, 9.17) is 15.6 Å². The zero-order valence-corrected chi connectivity index (χ0v) is 9.71. The molecule has 0 aromatic rings. The molecule has 94 valence electrons. The molecule has 5 nitrogen and oxygen atoms in total. The summed E-state index contributed by atoms with van der Waals surface area (Å²) in [6, 6.07) is 0. The van der Waals surface area contributed by atoms with Crippen LogP contribution in [0.2, 0.25) is 0 Å². The number of aliphatic hydroxyl groups excluding tert-OH is 1. The average molecular weight is 230 g/mol. The maximum Gasteiger partial charge on any atom is 0.240 e. The van der Waals surface area contributed by atoms with Crippen molar-refractivity contribution < 1.29 is 14.6 Å². The molecule has 0 aliphatic heterocycles. The molecule has 0 atom stereocenters. The van der Waals surface area contributed by atoms with Crippen molar-refractivity contribution in [1.82, 2.24) is 5.32 Å². The van der Waals surface area contributed by atoms with Gasteiger partial charge in [-0.2, -0.15) is 0 Å². The van der Waals surface area contributed by atoms with Crippen LogP contribution in [0.4, 0.5) is 0 Å². The second kappa shape index (κ2) is 6.83. The first-order valence-electron chi connectivity index (χ1n) is 5.95. The fraction of sp³-hybridized carbons (Fsp3) is 0.909. The van der Waals surface area contributed by atoms with Crippen LogP contribution in [0, 0.1) is 0 Å². The Bertz CT molecular complexity index is 215. The highest BCUT2D eigenvalue weighted by Gasteiger charge is 2.36. The topological polar surface area (TPSA) is 84.6 Å². The number of ether oxygens (including phenoxy) is 1. The third kappa shape index (κ3) is 4.08. The summed E-state index contributed by atoms with van der Waals surface area (Å²) in [5.74, 6) is -0.0350. The summed E-state index contributed by atoms with van der Waals surface area (Å²) < 4.78 is 5.08. The summed E-state index contributed by atoms with van der Waals surface area (Å²) in [5.41, 5.74) is 5.36. The SMILES string of the molecule is NC1(C(=O)NCCCOCCO)CCCC1. The Hall–Kier alpha value is -0.650. The predicted molar refractivity (Wildman–Crippen MR) is 60.9 cm³/mol. The van der Waals surface area contributed by atoms with Crippen molar-refractivity contribution in [2.75, 3.05) is 26.4 Å². The van der Waals surface area contributed by atoms with Crippen molar-refractivity contribution in [3.05, 3.63) is 0 Å². The first-order chi connectivity index (χ1) is 7.69. The lowest BCUT2D eigenvalue weighted by molar-refractivity contribution is -0.126. The van der Waals surface area contributed by atoms with Crippen LogP contribution in [0.5, 0.6) is 0 Å². The van der Waals surface area contributed by atoms with Gasteiger partial charge in [0.15, 0.2) is 0 Å².